The fourth-order valence-corrected chi connectivity index (χ4v) is 4.27. The standard InChI is InChI=1S/C21H26N2O4/c1-12-6-17(20-13(2)14(3)21(25)27-18(20)7-12)26-11-19(24)23-10-15-4-5-16(23)9-22-8-15/h6-7,15-16,22H,4-5,8-11H2,1-3H3/t15-,16+/m1/s1. The van der Waals surface area contributed by atoms with Crippen molar-refractivity contribution in [3.63, 3.8) is 0 Å². The molecule has 0 unspecified atom stereocenters. The lowest BCUT2D eigenvalue weighted by molar-refractivity contribution is -0.137. The summed E-state index contributed by atoms with van der Waals surface area (Å²) in [5.74, 6) is 1.15. The van der Waals surface area contributed by atoms with Gasteiger partial charge in [0, 0.05) is 24.7 Å². The van der Waals surface area contributed by atoms with Gasteiger partial charge in [0.05, 0.1) is 5.39 Å². The summed E-state index contributed by atoms with van der Waals surface area (Å²) in [6.45, 7) is 8.21. The number of piperidine rings is 1. The molecule has 0 radical (unpaired) electrons. The fraction of sp³-hybridized carbons (Fsp3) is 0.524. The van der Waals surface area contributed by atoms with E-state index in [1.165, 1.54) is 6.42 Å². The van der Waals surface area contributed by atoms with E-state index in [1.807, 2.05) is 30.9 Å². The number of nitrogens with zero attached hydrogens (tertiary/aromatic N) is 1. The monoisotopic (exact) mass is 370 g/mol. The van der Waals surface area contributed by atoms with Crippen molar-refractivity contribution < 1.29 is 13.9 Å². The third-order valence-electron chi connectivity index (χ3n) is 5.94. The van der Waals surface area contributed by atoms with Gasteiger partial charge in [-0.15, -0.1) is 0 Å². The Bertz CT molecular complexity index is 945. The molecule has 0 aliphatic carbocycles. The SMILES string of the molecule is Cc1cc(OCC(=O)N2C[C@@H]3CC[C@H]2CNC3)c2c(C)c(C)c(=O)oc2c1. The lowest BCUT2D eigenvalue weighted by Gasteiger charge is -2.36. The Kier molecular flexibility index (Phi) is 4.68. The summed E-state index contributed by atoms with van der Waals surface area (Å²) in [5, 5.41) is 4.21. The average Bonchev–Trinajstić information content (AvgIpc) is 2.99. The maximum Gasteiger partial charge on any atom is 0.339 e. The van der Waals surface area contributed by atoms with Crippen molar-refractivity contribution in [3.8, 4) is 5.75 Å². The number of amides is 1. The van der Waals surface area contributed by atoms with E-state index in [2.05, 4.69) is 5.32 Å². The fourth-order valence-electron chi connectivity index (χ4n) is 4.27. The Hall–Kier alpha value is -2.34. The molecule has 1 amide bonds. The van der Waals surface area contributed by atoms with E-state index in [0.29, 0.717) is 22.8 Å². The van der Waals surface area contributed by atoms with Crippen LogP contribution in [0.25, 0.3) is 11.0 Å². The van der Waals surface area contributed by atoms with E-state index < -0.39 is 0 Å². The summed E-state index contributed by atoms with van der Waals surface area (Å²) < 4.78 is 11.4. The predicted octanol–water partition coefficient (Wildman–Crippen LogP) is 2.31. The van der Waals surface area contributed by atoms with Gasteiger partial charge in [-0.3, -0.25) is 4.79 Å². The first-order chi connectivity index (χ1) is 12.9. The van der Waals surface area contributed by atoms with Crippen LogP contribution in [0.1, 0.15) is 29.5 Å². The number of ether oxygens (including phenoxy) is 1. The molecule has 3 aliphatic rings. The summed E-state index contributed by atoms with van der Waals surface area (Å²) in [5.41, 5.74) is 2.50. The first-order valence-electron chi connectivity index (χ1n) is 9.61. The van der Waals surface area contributed by atoms with Crippen LogP contribution in [0.2, 0.25) is 0 Å². The van der Waals surface area contributed by atoms with Crippen molar-refractivity contribution in [3.05, 3.63) is 39.2 Å². The van der Waals surface area contributed by atoms with Crippen molar-refractivity contribution in [2.24, 2.45) is 5.92 Å². The molecule has 2 atom stereocenters. The van der Waals surface area contributed by atoms with E-state index >= 15 is 0 Å². The Morgan fingerprint density at radius 3 is 2.85 bits per heavy atom. The van der Waals surface area contributed by atoms with Gasteiger partial charge in [-0.2, -0.15) is 0 Å². The maximum absolute atomic E-state index is 12.8. The van der Waals surface area contributed by atoms with Crippen molar-refractivity contribution in [1.29, 1.82) is 0 Å². The molecule has 1 aromatic heterocycles. The van der Waals surface area contributed by atoms with Crippen LogP contribution in [0.3, 0.4) is 0 Å². The summed E-state index contributed by atoms with van der Waals surface area (Å²) in [4.78, 5) is 26.8. The Balaban J connectivity index is 1.59. The summed E-state index contributed by atoms with van der Waals surface area (Å²) in [7, 11) is 0. The third kappa shape index (κ3) is 3.34. The molecular formula is C21H26N2O4. The van der Waals surface area contributed by atoms with Crippen LogP contribution in [0.4, 0.5) is 0 Å². The minimum Gasteiger partial charge on any atom is -0.483 e. The number of hydrogen-bond acceptors (Lipinski definition) is 5. The van der Waals surface area contributed by atoms with E-state index in [9.17, 15) is 9.59 Å². The molecule has 6 heteroatoms. The smallest absolute Gasteiger partial charge is 0.339 e. The molecule has 5 rings (SSSR count). The first-order valence-corrected chi connectivity index (χ1v) is 9.61. The van der Waals surface area contributed by atoms with Crippen molar-refractivity contribution in [2.45, 2.75) is 39.7 Å². The molecule has 1 aromatic carbocycles. The number of carbonyl (C=O) groups is 1. The highest BCUT2D eigenvalue weighted by molar-refractivity contribution is 5.88. The molecule has 27 heavy (non-hydrogen) atoms. The van der Waals surface area contributed by atoms with Gasteiger partial charge in [0.1, 0.15) is 11.3 Å². The van der Waals surface area contributed by atoms with Gasteiger partial charge in [-0.25, -0.2) is 4.79 Å². The Labute approximate surface area is 158 Å². The van der Waals surface area contributed by atoms with Gasteiger partial charge in [0.25, 0.3) is 5.91 Å². The van der Waals surface area contributed by atoms with Gasteiger partial charge < -0.3 is 19.4 Å². The zero-order valence-electron chi connectivity index (χ0n) is 16.1. The number of rotatable bonds is 3. The van der Waals surface area contributed by atoms with Gasteiger partial charge in [0.15, 0.2) is 6.61 Å². The minimum atomic E-state index is -0.333. The summed E-state index contributed by atoms with van der Waals surface area (Å²) in [6.07, 6.45) is 2.24. The summed E-state index contributed by atoms with van der Waals surface area (Å²) in [6, 6.07) is 3.99. The molecule has 1 N–H and O–H groups in total. The normalized spacial score (nSPS) is 22.1. The second-order valence-corrected chi connectivity index (χ2v) is 7.87. The topological polar surface area (TPSA) is 71.8 Å². The van der Waals surface area contributed by atoms with Crippen LogP contribution in [0, 0.1) is 26.7 Å². The molecule has 3 saturated heterocycles. The molecule has 0 spiro atoms. The minimum absolute atomic E-state index is 0.000608. The highest BCUT2D eigenvalue weighted by Crippen LogP contribution is 2.31. The Morgan fingerprint density at radius 2 is 2.04 bits per heavy atom. The highest BCUT2D eigenvalue weighted by Gasteiger charge is 2.34. The van der Waals surface area contributed by atoms with Crippen molar-refractivity contribution in [1.82, 2.24) is 10.2 Å². The Morgan fingerprint density at radius 1 is 1.22 bits per heavy atom. The molecule has 4 heterocycles. The van der Waals surface area contributed by atoms with Crippen LogP contribution in [-0.4, -0.2) is 43.1 Å². The van der Waals surface area contributed by atoms with Gasteiger partial charge >= 0.3 is 5.63 Å². The highest BCUT2D eigenvalue weighted by atomic mass is 16.5. The number of fused-ring (bicyclic) bond motifs is 5. The number of carbonyl (C=O) groups excluding carboxylic acids is 1. The van der Waals surface area contributed by atoms with Crippen LogP contribution in [-0.2, 0) is 4.79 Å². The molecule has 2 aromatic rings. The lowest BCUT2D eigenvalue weighted by atomic mass is 9.95. The van der Waals surface area contributed by atoms with Gasteiger partial charge in [0.2, 0.25) is 0 Å². The molecular weight excluding hydrogens is 344 g/mol. The zero-order chi connectivity index (χ0) is 19.1. The van der Waals surface area contributed by atoms with Crippen LogP contribution < -0.4 is 15.7 Å². The van der Waals surface area contributed by atoms with Crippen LogP contribution >= 0.6 is 0 Å². The molecule has 3 fully saturated rings. The molecule has 0 saturated carbocycles. The van der Waals surface area contributed by atoms with Gasteiger partial charge in [-0.05, 0) is 69.3 Å². The molecule has 2 bridgehead atoms. The molecule has 3 aliphatic heterocycles. The van der Waals surface area contributed by atoms with Crippen LogP contribution in [0.15, 0.2) is 21.3 Å². The predicted molar refractivity (Wildman–Crippen MR) is 103 cm³/mol. The van der Waals surface area contributed by atoms with Crippen LogP contribution in [0.5, 0.6) is 5.75 Å². The second-order valence-electron chi connectivity index (χ2n) is 7.87. The van der Waals surface area contributed by atoms with E-state index in [0.717, 1.165) is 42.6 Å². The number of aryl methyl sites for hydroxylation is 2. The van der Waals surface area contributed by atoms with Crippen molar-refractivity contribution in [2.75, 3.05) is 26.2 Å². The third-order valence-corrected chi connectivity index (χ3v) is 5.94. The largest absolute Gasteiger partial charge is 0.483 e. The van der Waals surface area contributed by atoms with Gasteiger partial charge in [-0.1, -0.05) is 0 Å². The average molecular weight is 370 g/mol. The first kappa shape index (κ1) is 18.0. The second kappa shape index (κ2) is 7.00. The number of benzene rings is 1. The lowest BCUT2D eigenvalue weighted by Crippen LogP contribution is -2.48. The van der Waals surface area contributed by atoms with E-state index in [-0.39, 0.29) is 24.2 Å². The quantitative estimate of drug-likeness (QED) is 0.840. The van der Waals surface area contributed by atoms with E-state index in [1.54, 1.807) is 6.92 Å². The van der Waals surface area contributed by atoms with E-state index in [4.69, 9.17) is 9.15 Å². The zero-order valence-corrected chi connectivity index (χ0v) is 16.1. The summed E-state index contributed by atoms with van der Waals surface area (Å²) >= 11 is 0. The maximum atomic E-state index is 12.8. The number of nitrogens with one attached hydrogen (secondary N) is 1. The number of hydrogen-bond donors (Lipinski definition) is 1. The molecule has 144 valence electrons. The molecule has 6 nitrogen and oxygen atoms in total. The van der Waals surface area contributed by atoms with Crippen molar-refractivity contribution >= 4 is 16.9 Å².